The van der Waals surface area contributed by atoms with E-state index in [2.05, 4.69) is 10.1 Å². The lowest BCUT2D eigenvalue weighted by atomic mass is 10.1. The van der Waals surface area contributed by atoms with Crippen molar-refractivity contribution >= 4 is 17.6 Å². The van der Waals surface area contributed by atoms with Crippen molar-refractivity contribution in [1.29, 1.82) is 5.26 Å². The number of hydrogen-bond acceptors (Lipinski definition) is 4. The van der Waals surface area contributed by atoms with Gasteiger partial charge in [0.25, 0.3) is 0 Å². The number of amides is 1. The number of benzene rings is 1. The first-order chi connectivity index (χ1) is 8.61. The van der Waals surface area contributed by atoms with Crippen LogP contribution >= 0.6 is 0 Å². The molecule has 0 radical (unpaired) electrons. The highest BCUT2D eigenvalue weighted by Gasteiger charge is 2.50. The van der Waals surface area contributed by atoms with E-state index in [0.29, 0.717) is 24.1 Å². The van der Waals surface area contributed by atoms with Gasteiger partial charge in [-0.1, -0.05) is 0 Å². The lowest BCUT2D eigenvalue weighted by Crippen LogP contribution is -2.22. The molecule has 0 bridgehead atoms. The Morgan fingerprint density at radius 1 is 1.33 bits per heavy atom. The molecule has 1 fully saturated rings. The van der Waals surface area contributed by atoms with Gasteiger partial charge < -0.3 is 10.1 Å². The number of hydrogen-bond donors (Lipinski definition) is 1. The molecule has 0 spiro atoms. The SMILES string of the molecule is COC(=O)c1ccc(NC(=O)C2(C#N)CC2)cc1. The molecule has 5 nitrogen and oxygen atoms in total. The van der Waals surface area contributed by atoms with Crippen LogP contribution in [0, 0.1) is 16.7 Å². The molecule has 0 aromatic heterocycles. The summed E-state index contributed by atoms with van der Waals surface area (Å²) in [7, 11) is 1.31. The summed E-state index contributed by atoms with van der Waals surface area (Å²) in [6.45, 7) is 0. The zero-order chi connectivity index (χ0) is 13.2. The fourth-order valence-corrected chi connectivity index (χ4v) is 1.57. The lowest BCUT2D eigenvalue weighted by molar-refractivity contribution is -0.119. The molecule has 0 unspecified atom stereocenters. The van der Waals surface area contributed by atoms with Crippen molar-refractivity contribution in [2.45, 2.75) is 12.8 Å². The van der Waals surface area contributed by atoms with Gasteiger partial charge in [0.1, 0.15) is 5.41 Å². The topological polar surface area (TPSA) is 79.2 Å². The maximum Gasteiger partial charge on any atom is 0.337 e. The smallest absolute Gasteiger partial charge is 0.337 e. The van der Waals surface area contributed by atoms with Gasteiger partial charge in [0, 0.05) is 5.69 Å². The van der Waals surface area contributed by atoms with E-state index in [0.717, 1.165) is 0 Å². The van der Waals surface area contributed by atoms with E-state index in [4.69, 9.17) is 5.26 Å². The molecule has 1 aliphatic carbocycles. The summed E-state index contributed by atoms with van der Waals surface area (Å²) in [6, 6.07) is 8.37. The van der Waals surface area contributed by atoms with Crippen LogP contribution in [-0.4, -0.2) is 19.0 Å². The highest BCUT2D eigenvalue weighted by molar-refractivity contribution is 5.99. The van der Waals surface area contributed by atoms with Gasteiger partial charge in [-0.05, 0) is 37.1 Å². The second-order valence-corrected chi connectivity index (χ2v) is 4.22. The standard InChI is InChI=1S/C13H12N2O3/c1-18-11(16)9-2-4-10(5-3-9)15-12(17)13(8-14)6-7-13/h2-5H,6-7H2,1H3,(H,15,17). The maximum absolute atomic E-state index is 11.8. The molecule has 1 aliphatic rings. The number of carbonyl (C=O) groups excluding carboxylic acids is 2. The summed E-state index contributed by atoms with van der Waals surface area (Å²) < 4.78 is 4.57. The van der Waals surface area contributed by atoms with Crippen LogP contribution in [0.15, 0.2) is 24.3 Å². The Morgan fingerprint density at radius 3 is 2.39 bits per heavy atom. The molecular weight excluding hydrogens is 232 g/mol. The second-order valence-electron chi connectivity index (χ2n) is 4.22. The van der Waals surface area contributed by atoms with Crippen molar-refractivity contribution < 1.29 is 14.3 Å². The Morgan fingerprint density at radius 2 is 1.94 bits per heavy atom. The van der Waals surface area contributed by atoms with Gasteiger partial charge in [0.15, 0.2) is 0 Å². The minimum Gasteiger partial charge on any atom is -0.465 e. The van der Waals surface area contributed by atoms with Crippen LogP contribution in [0.1, 0.15) is 23.2 Å². The average molecular weight is 244 g/mol. The molecule has 2 rings (SSSR count). The van der Waals surface area contributed by atoms with Gasteiger partial charge in [-0.15, -0.1) is 0 Å². The summed E-state index contributed by atoms with van der Waals surface area (Å²) in [6.07, 6.45) is 1.21. The predicted octanol–water partition coefficient (Wildman–Crippen LogP) is 1.72. The molecule has 5 heteroatoms. The van der Waals surface area contributed by atoms with Crippen molar-refractivity contribution in [3.8, 4) is 6.07 Å². The Hall–Kier alpha value is -2.35. The molecule has 0 saturated heterocycles. The van der Waals surface area contributed by atoms with E-state index in [1.165, 1.54) is 7.11 Å². The molecule has 1 aromatic rings. The van der Waals surface area contributed by atoms with Crippen molar-refractivity contribution in [3.63, 3.8) is 0 Å². The monoisotopic (exact) mass is 244 g/mol. The summed E-state index contributed by atoms with van der Waals surface area (Å²) in [5.41, 5.74) is 0.132. The van der Waals surface area contributed by atoms with E-state index in [-0.39, 0.29) is 5.91 Å². The van der Waals surface area contributed by atoms with E-state index in [1.807, 2.05) is 6.07 Å². The van der Waals surface area contributed by atoms with Gasteiger partial charge in [0.2, 0.25) is 5.91 Å². The van der Waals surface area contributed by atoms with Gasteiger partial charge in [-0.2, -0.15) is 5.26 Å². The van der Waals surface area contributed by atoms with Crippen molar-refractivity contribution in [1.82, 2.24) is 0 Å². The van der Waals surface area contributed by atoms with Crippen LogP contribution in [0.3, 0.4) is 0 Å². The zero-order valence-corrected chi connectivity index (χ0v) is 9.90. The van der Waals surface area contributed by atoms with E-state index in [1.54, 1.807) is 24.3 Å². The van der Waals surface area contributed by atoms with Gasteiger partial charge in [-0.3, -0.25) is 4.79 Å². The Kier molecular flexibility index (Phi) is 3.02. The predicted molar refractivity (Wildman–Crippen MR) is 63.7 cm³/mol. The van der Waals surface area contributed by atoms with Gasteiger partial charge in [-0.25, -0.2) is 4.79 Å². The Balaban J connectivity index is 2.05. The highest BCUT2D eigenvalue weighted by Crippen LogP contribution is 2.45. The molecule has 92 valence electrons. The molecule has 1 amide bonds. The quantitative estimate of drug-likeness (QED) is 0.821. The third-order valence-corrected chi connectivity index (χ3v) is 2.96. The van der Waals surface area contributed by atoms with Crippen molar-refractivity contribution in [2.24, 2.45) is 5.41 Å². The summed E-state index contributed by atoms with van der Waals surface area (Å²) in [5, 5.41) is 11.5. The molecule has 0 atom stereocenters. The van der Waals surface area contributed by atoms with E-state index in [9.17, 15) is 9.59 Å². The normalized spacial score (nSPS) is 15.3. The van der Waals surface area contributed by atoms with Gasteiger partial charge >= 0.3 is 5.97 Å². The minimum atomic E-state index is -0.846. The lowest BCUT2D eigenvalue weighted by Gasteiger charge is -2.08. The van der Waals surface area contributed by atoms with Crippen LogP contribution in [0.4, 0.5) is 5.69 Å². The van der Waals surface area contributed by atoms with Crippen molar-refractivity contribution in [3.05, 3.63) is 29.8 Å². The molecule has 0 heterocycles. The largest absolute Gasteiger partial charge is 0.465 e. The van der Waals surface area contributed by atoms with Crippen LogP contribution in [0.25, 0.3) is 0 Å². The number of carbonyl (C=O) groups is 2. The van der Waals surface area contributed by atoms with Crippen LogP contribution in [0.5, 0.6) is 0 Å². The Labute approximate surface area is 104 Å². The molecule has 1 aromatic carbocycles. The number of nitrogens with one attached hydrogen (secondary N) is 1. The third kappa shape index (κ3) is 2.18. The number of ether oxygens (including phenoxy) is 1. The molecule has 0 aliphatic heterocycles. The first-order valence-corrected chi connectivity index (χ1v) is 5.52. The Bertz CT molecular complexity index is 524. The number of anilines is 1. The summed E-state index contributed by atoms with van der Waals surface area (Å²) in [5.74, 6) is -0.709. The molecule has 1 N–H and O–H groups in total. The second kappa shape index (κ2) is 4.49. The minimum absolute atomic E-state index is 0.282. The fourth-order valence-electron chi connectivity index (χ4n) is 1.57. The number of rotatable bonds is 3. The van der Waals surface area contributed by atoms with Crippen LogP contribution < -0.4 is 5.32 Å². The fraction of sp³-hybridized carbons (Fsp3) is 0.308. The van der Waals surface area contributed by atoms with Crippen LogP contribution in [-0.2, 0) is 9.53 Å². The maximum atomic E-state index is 11.8. The number of esters is 1. The van der Waals surface area contributed by atoms with Crippen LogP contribution in [0.2, 0.25) is 0 Å². The zero-order valence-electron chi connectivity index (χ0n) is 9.90. The summed E-state index contributed by atoms with van der Waals surface area (Å²) in [4.78, 5) is 23.0. The molecule has 18 heavy (non-hydrogen) atoms. The third-order valence-electron chi connectivity index (χ3n) is 2.96. The van der Waals surface area contributed by atoms with E-state index >= 15 is 0 Å². The van der Waals surface area contributed by atoms with Crippen molar-refractivity contribution in [2.75, 3.05) is 12.4 Å². The first kappa shape index (κ1) is 12.1. The number of nitriles is 1. The number of methoxy groups -OCH3 is 1. The van der Waals surface area contributed by atoms with Gasteiger partial charge in [0.05, 0.1) is 18.7 Å². The molecular formula is C13H12N2O3. The van der Waals surface area contributed by atoms with E-state index < -0.39 is 11.4 Å². The summed E-state index contributed by atoms with van der Waals surface area (Å²) >= 11 is 0. The molecule has 1 saturated carbocycles. The highest BCUT2D eigenvalue weighted by atomic mass is 16.5. The number of nitrogens with zero attached hydrogens (tertiary/aromatic N) is 1. The average Bonchev–Trinajstić information content (AvgIpc) is 3.19. The first-order valence-electron chi connectivity index (χ1n) is 5.52.